The highest BCUT2D eigenvalue weighted by atomic mass is 16.6. The number of nitrogens with two attached hydrogens (primary N) is 1. The van der Waals surface area contributed by atoms with Crippen molar-refractivity contribution in [2.24, 2.45) is 5.10 Å². The van der Waals surface area contributed by atoms with E-state index in [9.17, 15) is 15.3 Å². The molecule has 0 spiro atoms. The number of methoxy groups -OCH3 is 2. The molecule has 4 unspecified atom stereocenters. The summed E-state index contributed by atoms with van der Waals surface area (Å²) in [4.78, 5) is 12.5. The van der Waals surface area contributed by atoms with Crippen LogP contribution in [-0.2, 0) is 4.74 Å². The van der Waals surface area contributed by atoms with Crippen LogP contribution in [0.2, 0.25) is 0 Å². The van der Waals surface area contributed by atoms with Crippen LogP contribution in [0.3, 0.4) is 0 Å². The van der Waals surface area contributed by atoms with E-state index in [-0.39, 0.29) is 22.9 Å². The molecule has 3 aromatic rings. The zero-order chi connectivity index (χ0) is 22.8. The van der Waals surface area contributed by atoms with Crippen LogP contribution in [0, 0.1) is 0 Å². The van der Waals surface area contributed by atoms with Gasteiger partial charge in [0.25, 0.3) is 0 Å². The number of imidazole rings is 1. The van der Waals surface area contributed by atoms with Gasteiger partial charge >= 0.3 is 0 Å². The number of fused-ring (bicyclic) bond motifs is 1. The number of nitrogens with one attached hydrogen (secondary N) is 1. The summed E-state index contributed by atoms with van der Waals surface area (Å²) in [6, 6.07) is 5.26. The number of aliphatic hydroxyl groups excluding tert-OH is 3. The molecule has 0 saturated carbocycles. The van der Waals surface area contributed by atoms with E-state index in [1.807, 2.05) is 0 Å². The van der Waals surface area contributed by atoms with Crippen molar-refractivity contribution >= 4 is 29.1 Å². The monoisotopic (exact) mass is 445 g/mol. The number of hydrogen-bond acceptors (Lipinski definition) is 12. The van der Waals surface area contributed by atoms with E-state index in [1.54, 1.807) is 25.3 Å². The Kier molecular flexibility index (Phi) is 6.05. The number of hydrazone groups is 1. The Morgan fingerprint density at radius 2 is 2.00 bits per heavy atom. The van der Waals surface area contributed by atoms with Crippen LogP contribution >= 0.6 is 0 Å². The fourth-order valence-electron chi connectivity index (χ4n) is 3.44. The topological polar surface area (TPSA) is 182 Å². The van der Waals surface area contributed by atoms with E-state index in [4.69, 9.17) is 19.9 Å². The summed E-state index contributed by atoms with van der Waals surface area (Å²) < 4.78 is 17.5. The minimum Gasteiger partial charge on any atom is -0.493 e. The quantitative estimate of drug-likeness (QED) is 0.233. The highest BCUT2D eigenvalue weighted by molar-refractivity contribution is 5.85. The van der Waals surface area contributed by atoms with Gasteiger partial charge in [-0.05, 0) is 23.8 Å². The summed E-state index contributed by atoms with van der Waals surface area (Å²) in [7, 11) is 3.08. The Morgan fingerprint density at radius 3 is 2.69 bits per heavy atom. The molecule has 13 heteroatoms. The second kappa shape index (κ2) is 8.92. The fourth-order valence-corrected chi connectivity index (χ4v) is 3.44. The maximum Gasteiger partial charge on any atom is 0.228 e. The molecule has 13 nitrogen and oxygen atoms in total. The summed E-state index contributed by atoms with van der Waals surface area (Å²) in [6.45, 7) is -0.474. The van der Waals surface area contributed by atoms with Gasteiger partial charge in [-0.1, -0.05) is 0 Å². The number of nitrogens with zero attached hydrogens (tertiary/aromatic N) is 5. The molecule has 1 fully saturated rings. The van der Waals surface area contributed by atoms with Crippen LogP contribution in [0.15, 0.2) is 29.6 Å². The summed E-state index contributed by atoms with van der Waals surface area (Å²) >= 11 is 0. The van der Waals surface area contributed by atoms with E-state index in [2.05, 4.69) is 25.5 Å². The number of ether oxygens (including phenoxy) is 3. The van der Waals surface area contributed by atoms with Crippen molar-refractivity contribution in [2.45, 2.75) is 24.5 Å². The third kappa shape index (κ3) is 3.78. The van der Waals surface area contributed by atoms with Crippen LogP contribution in [0.5, 0.6) is 11.5 Å². The molecule has 1 aliphatic rings. The van der Waals surface area contributed by atoms with Gasteiger partial charge in [-0.2, -0.15) is 5.10 Å². The third-order valence-electron chi connectivity index (χ3n) is 5.06. The lowest BCUT2D eigenvalue weighted by molar-refractivity contribution is -0.0501. The summed E-state index contributed by atoms with van der Waals surface area (Å²) in [6.07, 6.45) is -1.96. The van der Waals surface area contributed by atoms with Crippen molar-refractivity contribution < 1.29 is 29.5 Å². The molecule has 2 aromatic heterocycles. The maximum atomic E-state index is 10.5. The molecule has 0 bridgehead atoms. The zero-order valence-corrected chi connectivity index (χ0v) is 17.3. The van der Waals surface area contributed by atoms with Crippen molar-refractivity contribution in [3.05, 3.63) is 30.1 Å². The smallest absolute Gasteiger partial charge is 0.228 e. The average Bonchev–Trinajstić information content (AvgIpc) is 3.31. The van der Waals surface area contributed by atoms with Gasteiger partial charge in [0.05, 0.1) is 27.0 Å². The largest absolute Gasteiger partial charge is 0.493 e. The molecule has 6 N–H and O–H groups in total. The zero-order valence-electron chi connectivity index (χ0n) is 17.3. The normalized spacial score (nSPS) is 23.2. The van der Waals surface area contributed by atoms with Gasteiger partial charge in [-0.3, -0.25) is 4.57 Å². The molecular weight excluding hydrogens is 422 g/mol. The lowest BCUT2D eigenvalue weighted by Gasteiger charge is -2.18. The lowest BCUT2D eigenvalue weighted by Crippen LogP contribution is -2.33. The van der Waals surface area contributed by atoms with Gasteiger partial charge < -0.3 is 35.3 Å². The molecule has 170 valence electrons. The second-order valence-corrected chi connectivity index (χ2v) is 6.95. The number of hydrogen-bond donors (Lipinski definition) is 5. The molecule has 0 amide bonds. The molecular formula is C19H23N7O6. The number of anilines is 2. The van der Waals surface area contributed by atoms with Crippen molar-refractivity contribution in [3.8, 4) is 11.5 Å². The Hall–Kier alpha value is -3.52. The number of aliphatic hydroxyl groups is 3. The first-order chi connectivity index (χ1) is 15.5. The highest BCUT2D eigenvalue weighted by Gasteiger charge is 2.45. The average molecular weight is 445 g/mol. The first-order valence-corrected chi connectivity index (χ1v) is 9.60. The molecule has 0 aliphatic carbocycles. The number of benzene rings is 1. The first kappa shape index (κ1) is 21.7. The number of nitrogen functional groups attached to an aromatic ring is 1. The third-order valence-corrected chi connectivity index (χ3v) is 5.06. The molecule has 4 atom stereocenters. The van der Waals surface area contributed by atoms with E-state index >= 15 is 0 Å². The van der Waals surface area contributed by atoms with E-state index < -0.39 is 31.1 Å². The van der Waals surface area contributed by atoms with Crippen molar-refractivity contribution in [2.75, 3.05) is 32.0 Å². The second-order valence-electron chi connectivity index (χ2n) is 6.95. The summed E-state index contributed by atoms with van der Waals surface area (Å²) in [5.41, 5.74) is 9.93. The molecule has 1 saturated heterocycles. The Labute approximate surface area is 182 Å². The molecule has 3 heterocycles. The van der Waals surface area contributed by atoms with Gasteiger partial charge in [-0.25, -0.2) is 20.4 Å². The molecule has 32 heavy (non-hydrogen) atoms. The Morgan fingerprint density at radius 1 is 1.22 bits per heavy atom. The minimum atomic E-state index is -1.35. The van der Waals surface area contributed by atoms with Crippen molar-refractivity contribution in [1.29, 1.82) is 0 Å². The van der Waals surface area contributed by atoms with Crippen LogP contribution in [0.1, 0.15) is 11.8 Å². The molecule has 1 aliphatic heterocycles. The van der Waals surface area contributed by atoms with Gasteiger partial charge in [0.1, 0.15) is 24.6 Å². The minimum absolute atomic E-state index is 0.118. The molecule has 0 radical (unpaired) electrons. The van der Waals surface area contributed by atoms with Gasteiger partial charge in [0.15, 0.2) is 34.7 Å². The Bertz CT molecular complexity index is 1140. The summed E-state index contributed by atoms with van der Waals surface area (Å²) in [5.74, 6) is 1.38. The van der Waals surface area contributed by atoms with Crippen LogP contribution < -0.4 is 20.6 Å². The molecule has 1 aromatic carbocycles. The lowest BCUT2D eigenvalue weighted by atomic mass is 10.1. The van der Waals surface area contributed by atoms with Gasteiger partial charge in [0, 0.05) is 0 Å². The van der Waals surface area contributed by atoms with E-state index in [1.165, 1.54) is 24.2 Å². The Balaban J connectivity index is 1.68. The van der Waals surface area contributed by atoms with Gasteiger partial charge in [0.2, 0.25) is 5.95 Å². The number of aromatic nitrogens is 4. The fraction of sp³-hybridized carbons (Fsp3) is 0.368. The predicted molar refractivity (Wildman–Crippen MR) is 114 cm³/mol. The maximum absolute atomic E-state index is 10.5. The SMILES string of the molecule is COc1ccc(/C=N/Nc2nc3c(N)ncnc3n2C2OC(CO)C(O)C2O)cc1OC. The predicted octanol–water partition coefficient (Wildman–Crippen LogP) is -0.517. The van der Waals surface area contributed by atoms with Crippen molar-refractivity contribution in [3.63, 3.8) is 0 Å². The highest BCUT2D eigenvalue weighted by Crippen LogP contribution is 2.35. The molecule has 4 rings (SSSR count). The van der Waals surface area contributed by atoms with Crippen LogP contribution in [0.25, 0.3) is 11.2 Å². The first-order valence-electron chi connectivity index (χ1n) is 9.60. The number of rotatable bonds is 7. The van der Waals surface area contributed by atoms with Gasteiger partial charge in [-0.15, -0.1) is 0 Å². The van der Waals surface area contributed by atoms with E-state index in [0.29, 0.717) is 17.1 Å². The summed E-state index contributed by atoms with van der Waals surface area (Å²) in [5, 5.41) is 34.3. The van der Waals surface area contributed by atoms with Crippen molar-refractivity contribution in [1.82, 2.24) is 19.5 Å². The standard InChI is InChI=1S/C19H23N7O6/c1-30-10-4-3-9(5-11(10)31-2)6-23-25-19-24-13-16(20)21-8-22-17(13)26(19)18-15(29)14(28)12(7-27)32-18/h3-6,8,12,14-15,18,27-29H,7H2,1-2H3,(H,24,25)(H2,20,21,22)/b23-6+. The van der Waals surface area contributed by atoms with E-state index in [0.717, 1.165) is 0 Å². The van der Waals surface area contributed by atoms with Crippen LogP contribution in [0.4, 0.5) is 11.8 Å². The van der Waals surface area contributed by atoms with Crippen LogP contribution in [-0.4, -0.2) is 80.2 Å².